The van der Waals surface area contributed by atoms with E-state index in [9.17, 15) is 18.3 Å². The zero-order chi connectivity index (χ0) is 16.0. The quantitative estimate of drug-likeness (QED) is 0.808. The summed E-state index contributed by atoms with van der Waals surface area (Å²) in [6.45, 7) is 6.45. The minimum Gasteiger partial charge on any atom is -0.406 e. The molecule has 0 aliphatic heterocycles. The van der Waals surface area contributed by atoms with Crippen LogP contribution in [0.3, 0.4) is 0 Å². The first kappa shape index (κ1) is 17.8. The van der Waals surface area contributed by atoms with Crippen molar-refractivity contribution in [3.05, 3.63) is 29.8 Å². The van der Waals surface area contributed by atoms with Gasteiger partial charge in [-0.05, 0) is 50.4 Å². The summed E-state index contributed by atoms with van der Waals surface area (Å²) in [7, 11) is 0. The molecule has 0 bridgehead atoms. The number of ether oxygens (including phenoxy) is 1. The van der Waals surface area contributed by atoms with E-state index in [-0.39, 0.29) is 17.9 Å². The number of hydrogen-bond acceptors (Lipinski definition) is 3. The van der Waals surface area contributed by atoms with Crippen LogP contribution in [0.1, 0.15) is 38.8 Å². The van der Waals surface area contributed by atoms with Gasteiger partial charge >= 0.3 is 6.36 Å². The maximum atomic E-state index is 12.1. The van der Waals surface area contributed by atoms with Gasteiger partial charge in [0.2, 0.25) is 0 Å². The van der Waals surface area contributed by atoms with Gasteiger partial charge in [0.15, 0.2) is 0 Å². The molecule has 3 nitrogen and oxygen atoms in total. The zero-order valence-corrected chi connectivity index (χ0v) is 12.4. The molecule has 0 fully saturated rings. The highest BCUT2D eigenvalue weighted by atomic mass is 19.4. The van der Waals surface area contributed by atoms with Crippen LogP contribution in [0.25, 0.3) is 0 Å². The number of alkyl halides is 3. The molecule has 1 rings (SSSR count). The van der Waals surface area contributed by atoms with Crippen LogP contribution in [0.4, 0.5) is 13.2 Å². The topological polar surface area (TPSA) is 41.5 Å². The SMILES string of the molecule is CC(O)CC(C)CNC(C)c1ccc(OC(F)(F)F)cc1. The molecular weight excluding hydrogens is 283 g/mol. The van der Waals surface area contributed by atoms with Crippen LogP contribution in [0.2, 0.25) is 0 Å². The Balaban J connectivity index is 2.49. The molecule has 1 aromatic carbocycles. The predicted molar refractivity (Wildman–Crippen MR) is 75.0 cm³/mol. The number of aliphatic hydroxyl groups is 1. The molecule has 3 atom stereocenters. The van der Waals surface area contributed by atoms with Crippen molar-refractivity contribution >= 4 is 0 Å². The van der Waals surface area contributed by atoms with Gasteiger partial charge in [-0.15, -0.1) is 13.2 Å². The number of halogens is 3. The molecule has 0 amide bonds. The lowest BCUT2D eigenvalue weighted by Crippen LogP contribution is -2.26. The number of aliphatic hydroxyl groups excluding tert-OH is 1. The van der Waals surface area contributed by atoms with Crippen LogP contribution in [0.5, 0.6) is 5.75 Å². The molecule has 120 valence electrons. The van der Waals surface area contributed by atoms with E-state index in [1.165, 1.54) is 12.1 Å². The molecule has 0 aliphatic rings. The van der Waals surface area contributed by atoms with Gasteiger partial charge in [0.1, 0.15) is 5.75 Å². The van der Waals surface area contributed by atoms with E-state index >= 15 is 0 Å². The summed E-state index contributed by atoms with van der Waals surface area (Å²) in [4.78, 5) is 0. The fourth-order valence-corrected chi connectivity index (χ4v) is 2.12. The molecular formula is C15H22F3NO2. The van der Waals surface area contributed by atoms with Gasteiger partial charge in [-0.2, -0.15) is 0 Å². The molecule has 0 radical (unpaired) electrons. The summed E-state index contributed by atoms with van der Waals surface area (Å²) in [6, 6.07) is 5.85. The molecule has 6 heteroatoms. The number of benzene rings is 1. The minimum atomic E-state index is -4.66. The molecule has 0 saturated heterocycles. The molecule has 0 aliphatic carbocycles. The smallest absolute Gasteiger partial charge is 0.406 e. The van der Waals surface area contributed by atoms with Crippen molar-refractivity contribution in [2.75, 3.05) is 6.54 Å². The summed E-state index contributed by atoms with van der Waals surface area (Å²) >= 11 is 0. The fraction of sp³-hybridized carbons (Fsp3) is 0.600. The highest BCUT2D eigenvalue weighted by Crippen LogP contribution is 2.24. The highest BCUT2D eigenvalue weighted by Gasteiger charge is 2.31. The second kappa shape index (κ2) is 7.66. The van der Waals surface area contributed by atoms with E-state index in [2.05, 4.69) is 10.1 Å². The molecule has 0 saturated carbocycles. The van der Waals surface area contributed by atoms with Crippen molar-refractivity contribution in [3.8, 4) is 5.75 Å². The average molecular weight is 305 g/mol. The lowest BCUT2D eigenvalue weighted by atomic mass is 10.0. The van der Waals surface area contributed by atoms with Crippen molar-refractivity contribution in [2.24, 2.45) is 5.92 Å². The first-order valence-corrected chi connectivity index (χ1v) is 6.94. The van der Waals surface area contributed by atoms with Gasteiger partial charge in [0, 0.05) is 6.04 Å². The molecule has 2 N–H and O–H groups in total. The Kier molecular flexibility index (Phi) is 6.48. The van der Waals surface area contributed by atoms with E-state index in [0.717, 1.165) is 12.1 Å². The van der Waals surface area contributed by atoms with Gasteiger partial charge in [0.05, 0.1) is 6.10 Å². The number of nitrogens with one attached hydrogen (secondary N) is 1. The van der Waals surface area contributed by atoms with Crippen LogP contribution in [0, 0.1) is 5.92 Å². The van der Waals surface area contributed by atoms with E-state index in [1.54, 1.807) is 19.1 Å². The van der Waals surface area contributed by atoms with E-state index in [1.807, 2.05) is 13.8 Å². The average Bonchev–Trinajstić information content (AvgIpc) is 2.34. The molecule has 0 aromatic heterocycles. The Morgan fingerprint density at radius 3 is 2.19 bits per heavy atom. The first-order chi connectivity index (χ1) is 9.67. The lowest BCUT2D eigenvalue weighted by molar-refractivity contribution is -0.274. The molecule has 3 unspecified atom stereocenters. The third-order valence-electron chi connectivity index (χ3n) is 3.13. The van der Waals surface area contributed by atoms with Crippen LogP contribution < -0.4 is 10.1 Å². The maximum absolute atomic E-state index is 12.1. The lowest BCUT2D eigenvalue weighted by Gasteiger charge is -2.19. The first-order valence-electron chi connectivity index (χ1n) is 6.94. The van der Waals surface area contributed by atoms with Crippen molar-refractivity contribution in [1.82, 2.24) is 5.32 Å². The van der Waals surface area contributed by atoms with E-state index < -0.39 is 6.36 Å². The molecule has 21 heavy (non-hydrogen) atoms. The van der Waals surface area contributed by atoms with Gasteiger partial charge < -0.3 is 15.2 Å². The number of rotatable bonds is 7. The zero-order valence-electron chi connectivity index (χ0n) is 12.4. The predicted octanol–water partition coefficient (Wildman–Crippen LogP) is 3.64. The summed E-state index contributed by atoms with van der Waals surface area (Å²) in [6.07, 6.45) is -4.30. The normalized spacial score (nSPS) is 16.3. The van der Waals surface area contributed by atoms with Crippen molar-refractivity contribution in [2.45, 2.75) is 45.7 Å². The fourth-order valence-electron chi connectivity index (χ4n) is 2.12. The Labute approximate surface area is 123 Å². The third kappa shape index (κ3) is 7.34. The Morgan fingerprint density at radius 1 is 1.14 bits per heavy atom. The summed E-state index contributed by atoms with van der Waals surface area (Å²) < 4.78 is 40.0. The molecule has 0 spiro atoms. The minimum absolute atomic E-state index is 0.0152. The van der Waals surface area contributed by atoms with Gasteiger partial charge in [-0.3, -0.25) is 0 Å². The standard InChI is InChI=1S/C15H22F3NO2/c1-10(8-11(2)20)9-19-12(3)13-4-6-14(7-5-13)21-15(16,17)18/h4-7,10-12,19-20H,8-9H2,1-3H3. The van der Waals surface area contributed by atoms with Gasteiger partial charge in [0.25, 0.3) is 0 Å². The molecule has 1 aromatic rings. The van der Waals surface area contributed by atoms with Crippen molar-refractivity contribution in [3.63, 3.8) is 0 Å². The number of hydrogen-bond donors (Lipinski definition) is 2. The van der Waals surface area contributed by atoms with Crippen LogP contribution in [-0.4, -0.2) is 24.1 Å². The van der Waals surface area contributed by atoms with Gasteiger partial charge in [-0.1, -0.05) is 19.1 Å². The summed E-state index contributed by atoms with van der Waals surface area (Å²) in [5.74, 6) is 0.0983. The van der Waals surface area contributed by atoms with Crippen LogP contribution in [-0.2, 0) is 0 Å². The Bertz CT molecular complexity index is 418. The third-order valence-corrected chi connectivity index (χ3v) is 3.13. The Hall–Kier alpha value is -1.27. The molecule has 0 heterocycles. The van der Waals surface area contributed by atoms with Gasteiger partial charge in [-0.25, -0.2) is 0 Å². The second-order valence-electron chi connectivity index (χ2n) is 5.44. The summed E-state index contributed by atoms with van der Waals surface area (Å²) in [5, 5.41) is 12.6. The highest BCUT2D eigenvalue weighted by molar-refractivity contribution is 5.29. The monoisotopic (exact) mass is 305 g/mol. The van der Waals surface area contributed by atoms with Crippen molar-refractivity contribution in [1.29, 1.82) is 0 Å². The van der Waals surface area contributed by atoms with E-state index in [4.69, 9.17) is 0 Å². The van der Waals surface area contributed by atoms with Crippen LogP contribution in [0.15, 0.2) is 24.3 Å². The largest absolute Gasteiger partial charge is 0.573 e. The van der Waals surface area contributed by atoms with Crippen molar-refractivity contribution < 1.29 is 23.0 Å². The second-order valence-corrected chi connectivity index (χ2v) is 5.44. The van der Waals surface area contributed by atoms with Crippen LogP contribution >= 0.6 is 0 Å². The summed E-state index contributed by atoms with van der Waals surface area (Å²) in [5.41, 5.74) is 0.883. The van der Waals surface area contributed by atoms with E-state index in [0.29, 0.717) is 12.3 Å². The Morgan fingerprint density at radius 2 is 1.71 bits per heavy atom. The maximum Gasteiger partial charge on any atom is 0.573 e.